The van der Waals surface area contributed by atoms with E-state index in [1.165, 1.54) is 12.1 Å². The van der Waals surface area contributed by atoms with Gasteiger partial charge in [0.1, 0.15) is 5.82 Å². The SMILES string of the molecule is O=C(NNC1=CCSc2ccc(F)cc21)c1ccc2c(c1)OCO2. The number of amides is 1. The molecule has 0 radical (unpaired) electrons. The Labute approximate surface area is 141 Å². The molecule has 2 aliphatic rings. The van der Waals surface area contributed by atoms with E-state index in [2.05, 4.69) is 10.9 Å². The number of hydrazine groups is 1. The van der Waals surface area contributed by atoms with Crippen molar-refractivity contribution in [3.05, 3.63) is 59.4 Å². The lowest BCUT2D eigenvalue weighted by molar-refractivity contribution is 0.0942. The van der Waals surface area contributed by atoms with Crippen LogP contribution in [0.3, 0.4) is 0 Å². The smallest absolute Gasteiger partial charge is 0.269 e. The fraction of sp³-hybridized carbons (Fsp3) is 0.118. The van der Waals surface area contributed by atoms with Crippen LogP contribution in [0.15, 0.2) is 47.4 Å². The molecular formula is C17H13FN2O3S. The second kappa shape index (κ2) is 6.09. The van der Waals surface area contributed by atoms with E-state index in [9.17, 15) is 9.18 Å². The van der Waals surface area contributed by atoms with Crippen LogP contribution in [0, 0.1) is 5.82 Å². The van der Waals surface area contributed by atoms with Gasteiger partial charge in [0.25, 0.3) is 5.91 Å². The van der Waals surface area contributed by atoms with Crippen LogP contribution < -0.4 is 20.3 Å². The zero-order valence-electron chi connectivity index (χ0n) is 12.5. The Morgan fingerprint density at radius 1 is 1.12 bits per heavy atom. The second-order valence-electron chi connectivity index (χ2n) is 5.22. The van der Waals surface area contributed by atoms with Gasteiger partial charge in [0.15, 0.2) is 11.5 Å². The van der Waals surface area contributed by atoms with E-state index in [1.54, 1.807) is 36.0 Å². The topological polar surface area (TPSA) is 59.6 Å². The van der Waals surface area contributed by atoms with Gasteiger partial charge in [0.2, 0.25) is 6.79 Å². The van der Waals surface area contributed by atoms with Crippen molar-refractivity contribution < 1.29 is 18.7 Å². The van der Waals surface area contributed by atoms with Gasteiger partial charge in [-0.05, 0) is 42.5 Å². The Balaban J connectivity index is 1.48. The molecule has 2 aliphatic heterocycles. The summed E-state index contributed by atoms with van der Waals surface area (Å²) in [5.41, 5.74) is 7.37. The lowest BCUT2D eigenvalue weighted by Crippen LogP contribution is -2.36. The Bertz CT molecular complexity index is 854. The van der Waals surface area contributed by atoms with Crippen molar-refractivity contribution in [2.24, 2.45) is 0 Å². The molecule has 2 aromatic carbocycles. The monoisotopic (exact) mass is 344 g/mol. The van der Waals surface area contributed by atoms with Gasteiger partial charge < -0.3 is 9.47 Å². The van der Waals surface area contributed by atoms with E-state index in [-0.39, 0.29) is 18.5 Å². The fourth-order valence-corrected chi connectivity index (χ4v) is 3.43. The van der Waals surface area contributed by atoms with E-state index in [1.807, 2.05) is 6.08 Å². The molecule has 2 heterocycles. The summed E-state index contributed by atoms with van der Waals surface area (Å²) in [6.45, 7) is 0.158. The number of thioether (sulfide) groups is 1. The maximum Gasteiger partial charge on any atom is 0.269 e. The number of ether oxygens (including phenoxy) is 2. The van der Waals surface area contributed by atoms with E-state index in [0.717, 1.165) is 16.2 Å². The Morgan fingerprint density at radius 2 is 2.00 bits per heavy atom. The van der Waals surface area contributed by atoms with Gasteiger partial charge in [0.05, 0.1) is 5.70 Å². The molecule has 1 amide bonds. The highest BCUT2D eigenvalue weighted by molar-refractivity contribution is 7.99. The summed E-state index contributed by atoms with van der Waals surface area (Å²) < 4.78 is 24.0. The molecule has 24 heavy (non-hydrogen) atoms. The number of benzene rings is 2. The molecule has 0 aromatic heterocycles. The lowest BCUT2D eigenvalue weighted by Gasteiger charge is -2.19. The molecule has 5 nitrogen and oxygen atoms in total. The first-order valence-corrected chi connectivity index (χ1v) is 8.28. The molecule has 4 rings (SSSR count). The standard InChI is InChI=1S/C17H13FN2O3S/c18-11-2-4-16-12(8-11)13(5-6-24-16)19-20-17(21)10-1-3-14-15(7-10)23-9-22-14/h1-5,7-8,19H,6,9H2,(H,20,21). The van der Waals surface area contributed by atoms with Crippen molar-refractivity contribution in [3.63, 3.8) is 0 Å². The molecule has 0 unspecified atom stereocenters. The van der Waals surface area contributed by atoms with Gasteiger partial charge in [-0.1, -0.05) is 0 Å². The molecule has 2 N–H and O–H groups in total. The summed E-state index contributed by atoms with van der Waals surface area (Å²) in [6.07, 6.45) is 1.91. The van der Waals surface area contributed by atoms with Crippen LogP contribution in [0.5, 0.6) is 11.5 Å². The van der Waals surface area contributed by atoms with Crippen LogP contribution in [-0.2, 0) is 0 Å². The van der Waals surface area contributed by atoms with Gasteiger partial charge in [-0.3, -0.25) is 15.6 Å². The highest BCUT2D eigenvalue weighted by Gasteiger charge is 2.18. The number of carbonyl (C=O) groups is 1. The number of carbonyl (C=O) groups excluding carboxylic acids is 1. The van der Waals surface area contributed by atoms with Gasteiger partial charge in [0, 0.05) is 21.8 Å². The first-order chi connectivity index (χ1) is 11.7. The molecule has 0 saturated carbocycles. The fourth-order valence-electron chi connectivity index (χ4n) is 2.52. The molecule has 0 fully saturated rings. The van der Waals surface area contributed by atoms with Gasteiger partial charge in [-0.15, -0.1) is 11.8 Å². The van der Waals surface area contributed by atoms with E-state index in [4.69, 9.17) is 9.47 Å². The first kappa shape index (κ1) is 14.9. The average Bonchev–Trinajstić information content (AvgIpc) is 3.07. The number of nitrogens with one attached hydrogen (secondary N) is 2. The van der Waals surface area contributed by atoms with Crippen molar-refractivity contribution >= 4 is 23.4 Å². The quantitative estimate of drug-likeness (QED) is 0.839. The van der Waals surface area contributed by atoms with Gasteiger partial charge in [-0.25, -0.2) is 4.39 Å². The minimum Gasteiger partial charge on any atom is -0.454 e. The maximum atomic E-state index is 13.5. The van der Waals surface area contributed by atoms with E-state index >= 15 is 0 Å². The third-order valence-corrected chi connectivity index (χ3v) is 4.70. The Morgan fingerprint density at radius 3 is 2.92 bits per heavy atom. The second-order valence-corrected chi connectivity index (χ2v) is 6.28. The number of rotatable bonds is 3. The van der Waals surface area contributed by atoms with Crippen molar-refractivity contribution in [1.82, 2.24) is 10.9 Å². The minimum absolute atomic E-state index is 0.158. The number of hydrogen-bond donors (Lipinski definition) is 2. The zero-order valence-corrected chi connectivity index (χ0v) is 13.3. The van der Waals surface area contributed by atoms with E-state index in [0.29, 0.717) is 22.8 Å². The molecule has 0 aliphatic carbocycles. The van der Waals surface area contributed by atoms with Gasteiger partial charge in [-0.2, -0.15) is 0 Å². The summed E-state index contributed by atoms with van der Waals surface area (Å²) >= 11 is 1.62. The summed E-state index contributed by atoms with van der Waals surface area (Å²) in [6, 6.07) is 9.59. The highest BCUT2D eigenvalue weighted by atomic mass is 32.2. The van der Waals surface area contributed by atoms with Crippen molar-refractivity contribution in [3.8, 4) is 11.5 Å². The summed E-state index contributed by atoms with van der Waals surface area (Å²) in [5.74, 6) is 1.29. The number of hydrogen-bond acceptors (Lipinski definition) is 5. The van der Waals surface area contributed by atoms with Crippen molar-refractivity contribution in [2.75, 3.05) is 12.5 Å². The lowest BCUT2D eigenvalue weighted by atomic mass is 10.1. The van der Waals surface area contributed by atoms with Gasteiger partial charge >= 0.3 is 0 Å². The summed E-state index contributed by atoms with van der Waals surface area (Å²) in [5, 5.41) is 0. The summed E-state index contributed by atoms with van der Waals surface area (Å²) in [7, 11) is 0. The average molecular weight is 344 g/mol. The Hall–Kier alpha value is -2.67. The van der Waals surface area contributed by atoms with Crippen LogP contribution in [0.25, 0.3) is 5.70 Å². The first-order valence-electron chi connectivity index (χ1n) is 7.29. The van der Waals surface area contributed by atoms with E-state index < -0.39 is 0 Å². The number of halogens is 1. The van der Waals surface area contributed by atoms with Crippen LogP contribution in [0.1, 0.15) is 15.9 Å². The van der Waals surface area contributed by atoms with Crippen molar-refractivity contribution in [2.45, 2.75) is 4.90 Å². The molecule has 2 aromatic rings. The third-order valence-electron chi connectivity index (χ3n) is 3.70. The predicted octanol–water partition coefficient (Wildman–Crippen LogP) is 2.94. The normalized spacial score (nSPS) is 14.6. The van der Waals surface area contributed by atoms with Crippen LogP contribution in [-0.4, -0.2) is 18.5 Å². The third kappa shape index (κ3) is 2.78. The van der Waals surface area contributed by atoms with Crippen LogP contribution >= 0.6 is 11.8 Å². The van der Waals surface area contributed by atoms with Crippen LogP contribution in [0.4, 0.5) is 4.39 Å². The highest BCUT2D eigenvalue weighted by Crippen LogP contribution is 2.33. The zero-order chi connectivity index (χ0) is 16.5. The van der Waals surface area contributed by atoms with Crippen LogP contribution in [0.2, 0.25) is 0 Å². The molecule has 7 heteroatoms. The number of fused-ring (bicyclic) bond motifs is 2. The molecule has 0 bridgehead atoms. The molecule has 0 spiro atoms. The molecule has 0 atom stereocenters. The predicted molar refractivity (Wildman–Crippen MR) is 88.3 cm³/mol. The maximum absolute atomic E-state index is 13.5. The largest absolute Gasteiger partial charge is 0.454 e. The van der Waals surface area contributed by atoms with Crippen molar-refractivity contribution in [1.29, 1.82) is 0 Å². The minimum atomic E-state index is -0.314. The summed E-state index contributed by atoms with van der Waals surface area (Å²) in [4.78, 5) is 13.3. The molecule has 0 saturated heterocycles. The molecule has 122 valence electrons. The Kier molecular flexibility index (Phi) is 3.78. The molecular weight excluding hydrogens is 331 g/mol.